The Morgan fingerprint density at radius 1 is 0.549 bits per heavy atom. The van der Waals surface area contributed by atoms with Crippen LogP contribution in [-0.2, 0) is 37.2 Å². The molecule has 654 valence electrons. The molecule has 0 atom stereocenters. The molecule has 4 aliphatic heterocycles. The van der Waals surface area contributed by atoms with Gasteiger partial charge in [0.05, 0.1) is 63.7 Å². The van der Waals surface area contributed by atoms with E-state index in [0.717, 1.165) is 149 Å². The zero-order chi connectivity index (χ0) is 85.4. The standard InChI is InChI=1S/C19H23ClN4O3.C15H17ClN4S.C15H18ClN3O.C14H15ClN4O.C14H15ClN4S.C2HF3O.CH3I.2CH4.ClO2.Na/c1-18(2,3)27-17(26)23-11-19(7-5-4-6-8-19)24-13(15(23)25)9-12-10-21-16(20)22-14(12)24;1-21-13-11-7-10-8-17-14(16)19-12(10)20(11)15(9-18-13)5-3-2-4-6-15;1-2-15(6-4-3-5-7-15)19-12(10-20)8-11-9-17-14(16)18-13(11)19;2*15-13-16-7-9-6-10-12(20)17-8-14(4-2-1-3-5-14)19(10)11(9)18-13;3-2(4,5)1-6;1-2;;;2-1-3;/h9-10H,4-8,11H2,1-3H3;7-8H,2-6,9H2,1H3;8-10H,2-7H2,1H3;2*6-7H,1-5,8H2,(H,17,20);1H;1H3;2*1H4;;/q;;;;;;;;;-1;+1. The number of thiocarbonyl (C=S) groups is 1. The molecule has 2 N–H and O–H groups in total. The van der Waals surface area contributed by atoms with Gasteiger partial charge < -0.3 is 47.5 Å². The molecule has 0 radical (unpaired) electrons. The number of aliphatic imine (C=N–C) groups is 1. The van der Waals surface area contributed by atoms with Gasteiger partial charge in [0, 0.05) is 76.5 Å². The number of carbonyl (C=O) groups is 5. The van der Waals surface area contributed by atoms with E-state index in [-0.39, 0.29) is 99.8 Å². The number of nitrogens with zero attached hydrogens (tertiary/aromatic N) is 17. The molecule has 40 heteroatoms. The van der Waals surface area contributed by atoms with Gasteiger partial charge in [-0.2, -0.15) is 38.1 Å². The van der Waals surface area contributed by atoms with Crippen LogP contribution < -0.4 is 49.5 Å². The van der Waals surface area contributed by atoms with Crippen molar-refractivity contribution in [3.63, 3.8) is 0 Å². The van der Waals surface area contributed by atoms with Crippen molar-refractivity contribution in [1.82, 2.24) is 88.2 Å². The number of amides is 3. The molecule has 3 amide bonds. The second kappa shape index (κ2) is 42.7. The fourth-order valence-electron chi connectivity index (χ4n) is 18.8. The van der Waals surface area contributed by atoms with E-state index in [1.54, 1.807) is 63.4 Å². The van der Waals surface area contributed by atoms with E-state index >= 15 is 0 Å². The third-order valence-corrected chi connectivity index (χ3v) is 25.9. The number of thioether (sulfide) groups is 1. The number of alkyl halides is 4. The molecule has 9 aliphatic rings. The zero-order valence-corrected chi connectivity index (χ0v) is 77.9. The van der Waals surface area contributed by atoms with Crippen molar-refractivity contribution in [1.29, 1.82) is 0 Å². The number of imide groups is 1. The molecular weight excluding hydrogens is 1860 g/mol. The van der Waals surface area contributed by atoms with Gasteiger partial charge >= 0.3 is 41.8 Å². The van der Waals surface area contributed by atoms with E-state index in [0.29, 0.717) is 46.4 Å². The number of nitrogens with one attached hydrogen (secondary N) is 2. The Bertz CT molecular complexity index is 5290. The number of hydrogen-bond acceptors (Lipinski definition) is 21. The van der Waals surface area contributed by atoms with Crippen molar-refractivity contribution in [3.8, 4) is 0 Å². The predicted molar refractivity (Wildman–Crippen MR) is 473 cm³/mol. The van der Waals surface area contributed by atoms with Crippen LogP contribution in [0.25, 0.3) is 55.2 Å². The Morgan fingerprint density at radius 3 is 1.28 bits per heavy atom. The van der Waals surface area contributed by atoms with Crippen LogP contribution in [0.4, 0.5) is 18.0 Å². The second-order valence-corrected chi connectivity index (χ2v) is 35.2. The Labute approximate surface area is 781 Å². The summed E-state index contributed by atoms with van der Waals surface area (Å²) in [6.07, 6.45) is 35.3. The molecule has 5 fully saturated rings. The maximum Gasteiger partial charge on any atom is 1.00 e. The van der Waals surface area contributed by atoms with Gasteiger partial charge in [0.25, 0.3) is 11.8 Å². The third kappa shape index (κ3) is 21.3. The van der Waals surface area contributed by atoms with Gasteiger partial charge in [-0.15, -0.1) is 11.8 Å². The largest absolute Gasteiger partial charge is 1.00 e. The molecule has 122 heavy (non-hydrogen) atoms. The molecule has 19 rings (SSSR count). The minimum Gasteiger partial charge on any atom is -0.544 e. The van der Waals surface area contributed by atoms with Crippen LogP contribution in [0.3, 0.4) is 0 Å². The van der Waals surface area contributed by atoms with Gasteiger partial charge in [-0.1, -0.05) is 153 Å². The van der Waals surface area contributed by atoms with E-state index in [1.807, 2.05) is 27.8 Å². The number of hydrogen-bond donors (Lipinski definition) is 2. The minimum absolute atomic E-state index is 0. The van der Waals surface area contributed by atoms with E-state index in [9.17, 15) is 32.3 Å². The summed E-state index contributed by atoms with van der Waals surface area (Å²) in [6, 6.07) is 9.73. The summed E-state index contributed by atoms with van der Waals surface area (Å²) in [5, 5.41) is 13.4. The summed E-state index contributed by atoms with van der Waals surface area (Å²) in [4.78, 5) is 110. The number of carbonyl (C=O) groups excluding carboxylic acids is 5. The summed E-state index contributed by atoms with van der Waals surface area (Å²) in [5.74, 6) is -0.398. The Hall–Kier alpha value is -6.06. The molecule has 27 nitrogen and oxygen atoms in total. The molecule has 4 spiro atoms. The van der Waals surface area contributed by atoms with Crippen LogP contribution in [0, 0.1) is 11.3 Å². The summed E-state index contributed by atoms with van der Waals surface area (Å²) in [6.45, 7) is 10.3. The summed E-state index contributed by atoms with van der Waals surface area (Å²) in [7, 11) is 0. The third-order valence-electron chi connectivity index (χ3n) is 23.9. The van der Waals surface area contributed by atoms with E-state index < -0.39 is 35.5 Å². The van der Waals surface area contributed by atoms with Crippen molar-refractivity contribution in [2.75, 3.05) is 37.4 Å². The van der Waals surface area contributed by atoms with E-state index in [1.165, 1.54) is 113 Å². The molecule has 10 aromatic heterocycles. The van der Waals surface area contributed by atoms with Crippen LogP contribution >= 0.6 is 105 Å². The van der Waals surface area contributed by atoms with Crippen LogP contribution in [0.1, 0.15) is 252 Å². The van der Waals surface area contributed by atoms with Gasteiger partial charge in [0.15, 0.2) is 6.29 Å². The van der Waals surface area contributed by atoms with Gasteiger partial charge in [-0.25, -0.2) is 34.6 Å². The molecule has 5 saturated carbocycles. The number of ether oxygens (including phenoxy) is 1. The predicted octanol–water partition coefficient (Wildman–Crippen LogP) is 15.2. The molecule has 10 aromatic rings. The Balaban J connectivity index is 0.000000167. The molecule has 5 aliphatic carbocycles. The summed E-state index contributed by atoms with van der Waals surface area (Å²) in [5.41, 5.74) is 7.26. The van der Waals surface area contributed by atoms with Crippen LogP contribution in [0.15, 0.2) is 66.3 Å². The fraction of sp³-hybridized carbons (Fsp3) is 0.549. The monoisotopic (exact) mass is 1960 g/mol. The summed E-state index contributed by atoms with van der Waals surface area (Å²) < 4.78 is 64.2. The van der Waals surface area contributed by atoms with Crippen LogP contribution in [0.2, 0.25) is 26.4 Å². The molecule has 0 unspecified atom stereocenters. The van der Waals surface area contributed by atoms with Crippen molar-refractivity contribution >= 4 is 200 Å². The Morgan fingerprint density at radius 2 is 0.885 bits per heavy atom. The van der Waals surface area contributed by atoms with Crippen LogP contribution in [-0.4, -0.2) is 167 Å². The maximum absolute atomic E-state index is 13.1. The maximum atomic E-state index is 13.1. The zero-order valence-electron chi connectivity index (χ0n) is 67.6. The first-order valence-corrected chi connectivity index (χ1v) is 46.0. The smallest absolute Gasteiger partial charge is 0.544 e. The average molecular weight is 1960 g/mol. The van der Waals surface area contributed by atoms with Gasteiger partial charge in [0.1, 0.15) is 55.3 Å². The number of fused-ring (bicyclic) bond motifs is 17. The number of aldehydes is 2. The molecule has 0 bridgehead atoms. The van der Waals surface area contributed by atoms with Gasteiger partial charge in [0.2, 0.25) is 32.7 Å². The topological polar surface area (TPSA) is 334 Å². The SMILES string of the molecule is C.C.CC(C)(C)OC(=O)N1CC2(CCCCC2)n2c(cc3cnc(Cl)nc32)C1=O.CCC1(n2c(C=O)cc3cnc(Cl)nc32)CCCCC1.CI.CSC1=NCC2(CCCCC2)n2c1cc1cnc(Cl)nc12.O=C1NCC2(CCCCC2)n2c1cc1cnc(Cl)nc12.O=CC(F)(F)F.S=C1NCC2(CCCCC2)n2c1cc1cnc(Cl)nc12.[Na+].[O-][Cl+][O-]. The molecule has 0 aromatic carbocycles. The normalized spacial score (nSPS) is 18.5. The van der Waals surface area contributed by atoms with Crippen molar-refractivity contribution in [2.24, 2.45) is 4.99 Å². The van der Waals surface area contributed by atoms with E-state index in [4.69, 9.17) is 94.1 Å². The van der Waals surface area contributed by atoms with Crippen LogP contribution in [0.5, 0.6) is 0 Å². The van der Waals surface area contributed by atoms with E-state index in [2.05, 4.69) is 127 Å². The molecular formula is C82H100Cl6F3IN19NaO8S2. The Kier molecular flexibility index (Phi) is 34.9. The number of rotatable bonds is 3. The first kappa shape index (κ1) is 99.7. The quantitative estimate of drug-likeness (QED) is 0.0414. The first-order chi connectivity index (χ1) is 57.0. The molecule has 14 heterocycles. The summed E-state index contributed by atoms with van der Waals surface area (Å²) >= 11 is 38.9. The van der Waals surface area contributed by atoms with Crippen molar-refractivity contribution in [2.45, 2.75) is 249 Å². The molecule has 0 saturated heterocycles. The van der Waals surface area contributed by atoms with Gasteiger partial charge in [-0.05, 0) is 191 Å². The van der Waals surface area contributed by atoms with Gasteiger partial charge in [-0.3, -0.25) is 24.2 Å². The minimum atomic E-state index is -4.64. The first-order valence-electron chi connectivity index (χ1n) is 39.7. The number of halogens is 10. The van der Waals surface area contributed by atoms with Crippen molar-refractivity contribution < 1.29 is 92.1 Å². The van der Waals surface area contributed by atoms with Crippen molar-refractivity contribution in [3.05, 3.63) is 116 Å². The fourth-order valence-corrected chi connectivity index (χ4v) is 20.2. The second-order valence-electron chi connectivity index (χ2n) is 32.1. The average Bonchev–Trinajstić information content (AvgIpc) is 1.58. The number of aromatic nitrogens is 15.